The topological polar surface area (TPSA) is 61.5 Å². The van der Waals surface area contributed by atoms with Crippen molar-refractivity contribution in [1.82, 2.24) is 4.57 Å². The molecule has 0 fully saturated rings. The number of aromatic nitrogens is 1. The van der Waals surface area contributed by atoms with Crippen LogP contribution < -0.4 is 26.2 Å². The highest BCUT2D eigenvalue weighted by Crippen LogP contribution is 2.52. The fourth-order valence-electron chi connectivity index (χ4n) is 13.7. The predicted molar refractivity (Wildman–Crippen MR) is 356 cm³/mol. The highest BCUT2D eigenvalue weighted by molar-refractivity contribution is 7.00. The number of nitriles is 1. The van der Waals surface area contributed by atoms with Crippen LogP contribution in [0.4, 0.5) is 34.1 Å². The molecular formula is C79H47BN4O2. The van der Waals surface area contributed by atoms with E-state index < -0.39 is 49.0 Å². The van der Waals surface area contributed by atoms with Gasteiger partial charge in [0, 0.05) is 44.3 Å². The molecular weight excluding hydrogens is 1050 g/mol. The van der Waals surface area contributed by atoms with E-state index in [-0.39, 0.29) is 27.4 Å². The van der Waals surface area contributed by atoms with E-state index in [2.05, 4.69) is 155 Å². The van der Waals surface area contributed by atoms with Gasteiger partial charge < -0.3 is 23.2 Å². The van der Waals surface area contributed by atoms with Crippen LogP contribution in [0.25, 0.3) is 116 Å². The summed E-state index contributed by atoms with van der Waals surface area (Å²) in [5, 5.41) is 14.0. The number of rotatable bonds is 7. The lowest BCUT2D eigenvalue weighted by Crippen LogP contribution is -2.61. The smallest absolute Gasteiger partial charge is 0.252 e. The zero-order valence-electron chi connectivity index (χ0n) is 52.8. The Morgan fingerprint density at radius 1 is 0.360 bits per heavy atom. The lowest BCUT2D eigenvalue weighted by atomic mass is 9.33. The largest absolute Gasteiger partial charge is 0.456 e. The van der Waals surface area contributed by atoms with Gasteiger partial charge in [-0.25, -0.2) is 0 Å². The second kappa shape index (κ2) is 18.7. The highest BCUT2D eigenvalue weighted by Gasteiger charge is 2.45. The summed E-state index contributed by atoms with van der Waals surface area (Å²) < 4.78 is 82.1. The third kappa shape index (κ3) is 7.20. The van der Waals surface area contributed by atoms with Crippen molar-refractivity contribution < 1.29 is 18.4 Å². The summed E-state index contributed by atoms with van der Waals surface area (Å²) in [6, 6.07) is 82.4. The number of hydrogen-bond donors (Lipinski definition) is 0. The van der Waals surface area contributed by atoms with E-state index in [1.807, 2.05) is 103 Å². The molecule has 3 aromatic heterocycles. The van der Waals surface area contributed by atoms with Crippen LogP contribution in [0.15, 0.2) is 294 Å². The van der Waals surface area contributed by atoms with E-state index in [4.69, 9.17) is 10.2 Å². The van der Waals surface area contributed by atoms with Crippen LogP contribution in [-0.4, -0.2) is 11.3 Å². The minimum absolute atomic E-state index is 0.00513. The first kappa shape index (κ1) is 41.4. The van der Waals surface area contributed by atoms with Gasteiger partial charge in [-0.1, -0.05) is 188 Å². The van der Waals surface area contributed by atoms with Gasteiger partial charge in [-0.3, -0.25) is 0 Å². The van der Waals surface area contributed by atoms with Crippen LogP contribution in [0, 0.1) is 11.3 Å². The van der Waals surface area contributed by atoms with Gasteiger partial charge in [0.05, 0.1) is 60.1 Å². The van der Waals surface area contributed by atoms with Gasteiger partial charge in [0.2, 0.25) is 0 Å². The number of anilines is 6. The second-order valence-electron chi connectivity index (χ2n) is 22.1. The number of fused-ring (bicyclic) bond motifs is 13. The van der Waals surface area contributed by atoms with E-state index >= 15 is 0 Å². The first-order valence-corrected chi connectivity index (χ1v) is 28.7. The van der Waals surface area contributed by atoms with Crippen LogP contribution >= 0.6 is 0 Å². The first-order valence-electron chi connectivity index (χ1n) is 32.2. The van der Waals surface area contributed by atoms with Gasteiger partial charge in [0.15, 0.2) is 0 Å². The molecule has 0 saturated heterocycles. The molecule has 7 heteroatoms. The molecule has 86 heavy (non-hydrogen) atoms. The summed E-state index contributed by atoms with van der Waals surface area (Å²) in [5.74, 6) is 0. The Bertz CT molecular complexity index is 5670. The fraction of sp³-hybridized carbons (Fsp3) is 0. The van der Waals surface area contributed by atoms with Gasteiger partial charge in [-0.15, -0.1) is 0 Å². The van der Waals surface area contributed by atoms with Gasteiger partial charge in [0.25, 0.3) is 6.71 Å². The van der Waals surface area contributed by atoms with Crippen molar-refractivity contribution >= 4 is 123 Å². The Kier molecular flexibility index (Phi) is 9.01. The summed E-state index contributed by atoms with van der Waals surface area (Å²) >= 11 is 0. The zero-order chi connectivity index (χ0) is 62.7. The predicted octanol–water partition coefficient (Wildman–Crippen LogP) is 19.2. The zero-order valence-corrected chi connectivity index (χ0v) is 45.8. The van der Waals surface area contributed by atoms with E-state index in [0.717, 1.165) is 105 Å². The standard InChI is InChI=1S/C79H47BN4O2/c81-48-49-31-36-66-60(41-49)59-25-13-14-26-65(59)82(66)58-46-71-79-72(47-58)84(70-28-16-30-76-78(70)62-43-55(35-40-74(62)86-76)51-19-7-2-8-20-51)68-38-33-57(53-23-11-4-12-24-53)45-64(68)80(79)63-44-56(52-21-9-3-10-22-52)32-37-67(63)83(71)69-27-15-29-75-77(69)61-42-54(34-39-73(61)85-75)50-17-5-1-6-18-50/h1-47H/i13D,14D,25D,26D,31D,36D,41D. The van der Waals surface area contributed by atoms with Gasteiger partial charge >= 0.3 is 0 Å². The molecule has 0 amide bonds. The lowest BCUT2D eigenvalue weighted by molar-refractivity contribution is 0.668. The molecule has 18 rings (SSSR count). The summed E-state index contributed by atoms with van der Waals surface area (Å²) in [6.07, 6.45) is 0. The van der Waals surface area contributed by atoms with E-state index in [9.17, 15) is 13.5 Å². The Labute approximate surface area is 505 Å². The molecule has 6 nitrogen and oxygen atoms in total. The second-order valence-corrected chi connectivity index (χ2v) is 22.1. The van der Waals surface area contributed by atoms with Gasteiger partial charge in [0.1, 0.15) is 22.3 Å². The van der Waals surface area contributed by atoms with Crippen molar-refractivity contribution in [1.29, 1.82) is 5.26 Å². The van der Waals surface area contributed by atoms with Crippen molar-refractivity contribution in [3.05, 3.63) is 291 Å². The molecule has 0 unspecified atom stereocenters. The summed E-state index contributed by atoms with van der Waals surface area (Å²) in [6.45, 7) is -0.483. The van der Waals surface area contributed by atoms with Gasteiger partial charge in [-0.05, 0) is 158 Å². The van der Waals surface area contributed by atoms with Gasteiger partial charge in [-0.2, -0.15) is 5.26 Å². The number of nitrogens with zero attached hydrogens (tertiary/aromatic N) is 4. The van der Waals surface area contributed by atoms with Crippen molar-refractivity contribution in [2.75, 3.05) is 9.80 Å². The SMILES string of the molecule is [2H]c1c([2H])c([2H])c2c(c1[2H])c1c([2H])c(C#N)c([2H])c([2H])c1n2-c1cc2c3c(c1)N(c1cccc4oc5ccc(-c6ccccc6)cc5c14)c1ccc(-c4ccccc4)cc1B3c1cc(-c3ccccc3)ccc1N2c1cccc2oc3ccc(-c4ccccc4)cc3c12. The van der Waals surface area contributed by atoms with Crippen molar-refractivity contribution in [3.63, 3.8) is 0 Å². The number of hydrogen-bond acceptors (Lipinski definition) is 5. The molecule has 0 bridgehead atoms. The Hall–Kier alpha value is -11.6. The van der Waals surface area contributed by atoms with E-state index in [1.165, 1.54) is 0 Å². The molecule has 0 N–H and O–H groups in total. The quantitative estimate of drug-likeness (QED) is 0.149. The molecule has 0 spiro atoms. The third-order valence-electron chi connectivity index (χ3n) is 17.4. The number of benzene rings is 13. The fourth-order valence-corrected chi connectivity index (χ4v) is 13.7. The van der Waals surface area contributed by atoms with Crippen molar-refractivity contribution in [3.8, 4) is 56.3 Å². The number of para-hydroxylation sites is 1. The maximum atomic E-state index is 10.6. The van der Waals surface area contributed by atoms with Crippen LogP contribution in [0.1, 0.15) is 15.2 Å². The molecule has 2 aliphatic heterocycles. The highest BCUT2D eigenvalue weighted by atomic mass is 16.3. The number of furan rings is 2. The van der Waals surface area contributed by atoms with E-state index in [1.54, 1.807) is 4.57 Å². The van der Waals surface area contributed by atoms with Crippen LogP contribution in [0.5, 0.6) is 0 Å². The minimum atomic E-state index is -0.531. The molecule has 5 heterocycles. The van der Waals surface area contributed by atoms with Crippen LogP contribution in [-0.2, 0) is 0 Å². The summed E-state index contributed by atoms with van der Waals surface area (Å²) in [7, 11) is 0. The summed E-state index contributed by atoms with van der Waals surface area (Å²) in [5.41, 5.74) is 18.6. The normalized spacial score (nSPS) is 13.7. The Morgan fingerprint density at radius 3 is 1.30 bits per heavy atom. The third-order valence-corrected chi connectivity index (χ3v) is 17.4. The minimum Gasteiger partial charge on any atom is -0.456 e. The molecule has 13 aromatic carbocycles. The maximum Gasteiger partial charge on any atom is 0.252 e. The lowest BCUT2D eigenvalue weighted by Gasteiger charge is -2.45. The Morgan fingerprint density at radius 2 is 0.814 bits per heavy atom. The van der Waals surface area contributed by atoms with Crippen LogP contribution in [0.3, 0.4) is 0 Å². The summed E-state index contributed by atoms with van der Waals surface area (Å²) in [4.78, 5) is 4.59. The monoisotopic (exact) mass is 1100 g/mol. The van der Waals surface area contributed by atoms with Crippen LogP contribution in [0.2, 0.25) is 0 Å². The molecule has 0 aliphatic carbocycles. The van der Waals surface area contributed by atoms with Crippen molar-refractivity contribution in [2.24, 2.45) is 0 Å². The van der Waals surface area contributed by atoms with Crippen molar-refractivity contribution in [2.45, 2.75) is 0 Å². The molecule has 0 radical (unpaired) electrons. The molecule has 2 aliphatic rings. The maximum absolute atomic E-state index is 10.6. The van der Waals surface area contributed by atoms with E-state index in [0.29, 0.717) is 39.4 Å². The molecule has 0 saturated carbocycles. The molecule has 16 aromatic rings. The molecule has 398 valence electrons. The average Bonchev–Trinajstić information content (AvgIpc) is 1.64. The molecule has 0 atom stereocenters. The average molecular weight is 1100 g/mol. The first-order chi connectivity index (χ1) is 45.5. The Balaban J connectivity index is 1.04.